The second kappa shape index (κ2) is 5.20. The fourth-order valence-corrected chi connectivity index (χ4v) is 1.95. The van der Waals surface area contributed by atoms with Crippen molar-refractivity contribution in [3.05, 3.63) is 29.2 Å². The Hall–Kier alpha value is -1.85. The molecule has 0 aliphatic heterocycles. The monoisotopic (exact) mass is 251 g/mol. The van der Waals surface area contributed by atoms with Crippen molar-refractivity contribution >= 4 is 5.82 Å². The lowest BCUT2D eigenvalue weighted by Gasteiger charge is -2.11. The molecule has 0 amide bonds. The Bertz CT molecular complexity index is 509. The summed E-state index contributed by atoms with van der Waals surface area (Å²) in [6, 6.07) is 0. The van der Waals surface area contributed by atoms with Crippen LogP contribution in [-0.2, 0) is 20.1 Å². The van der Waals surface area contributed by atoms with E-state index < -0.39 is 6.67 Å². The van der Waals surface area contributed by atoms with E-state index >= 15 is 0 Å². The molecule has 0 aromatic carbocycles. The first-order chi connectivity index (χ1) is 8.63. The highest BCUT2D eigenvalue weighted by Crippen LogP contribution is 2.16. The van der Waals surface area contributed by atoms with E-state index in [2.05, 4.69) is 15.5 Å². The summed E-state index contributed by atoms with van der Waals surface area (Å²) in [6.07, 6.45) is 3.58. The molecule has 6 heteroatoms. The van der Waals surface area contributed by atoms with Gasteiger partial charge in [0.1, 0.15) is 12.5 Å². The quantitative estimate of drug-likeness (QED) is 0.881. The van der Waals surface area contributed by atoms with Crippen molar-refractivity contribution in [2.45, 2.75) is 26.9 Å². The van der Waals surface area contributed by atoms with Gasteiger partial charge in [0, 0.05) is 12.6 Å². The smallest absolute Gasteiger partial charge is 0.127 e. The van der Waals surface area contributed by atoms with E-state index in [0.29, 0.717) is 6.54 Å². The summed E-state index contributed by atoms with van der Waals surface area (Å²) >= 11 is 0. The summed E-state index contributed by atoms with van der Waals surface area (Å²) in [5.41, 5.74) is 3.27. The predicted octanol–water partition coefficient (Wildman–Crippen LogP) is 1.82. The van der Waals surface area contributed by atoms with Crippen LogP contribution in [0.25, 0.3) is 0 Å². The summed E-state index contributed by atoms with van der Waals surface area (Å²) in [7, 11) is 1.91. The van der Waals surface area contributed by atoms with Crippen molar-refractivity contribution < 1.29 is 4.39 Å². The molecule has 0 aliphatic carbocycles. The van der Waals surface area contributed by atoms with Gasteiger partial charge in [-0.25, -0.2) is 9.07 Å². The molecule has 5 nitrogen and oxygen atoms in total. The van der Waals surface area contributed by atoms with Crippen LogP contribution < -0.4 is 5.32 Å². The Labute approximate surface area is 106 Å². The first-order valence-electron chi connectivity index (χ1n) is 5.93. The number of hydrogen-bond donors (Lipinski definition) is 1. The molecule has 0 radical (unpaired) electrons. The zero-order valence-electron chi connectivity index (χ0n) is 10.9. The molecule has 2 rings (SSSR count). The van der Waals surface area contributed by atoms with E-state index in [-0.39, 0.29) is 6.54 Å². The zero-order chi connectivity index (χ0) is 13.1. The van der Waals surface area contributed by atoms with Crippen LogP contribution >= 0.6 is 0 Å². The number of alkyl halides is 1. The van der Waals surface area contributed by atoms with Crippen molar-refractivity contribution in [2.24, 2.45) is 7.05 Å². The van der Waals surface area contributed by atoms with E-state index in [1.54, 1.807) is 10.9 Å². The normalized spacial score (nSPS) is 10.9. The summed E-state index contributed by atoms with van der Waals surface area (Å²) in [4.78, 5) is 0. The van der Waals surface area contributed by atoms with Gasteiger partial charge in [0.05, 0.1) is 31.2 Å². The molecule has 0 atom stereocenters. The molecule has 98 valence electrons. The number of nitrogens with one attached hydrogen (secondary N) is 1. The van der Waals surface area contributed by atoms with Crippen molar-refractivity contribution in [1.82, 2.24) is 19.6 Å². The van der Waals surface area contributed by atoms with E-state index in [1.807, 2.05) is 31.8 Å². The molecule has 0 fully saturated rings. The number of aromatic nitrogens is 4. The third-order valence-electron chi connectivity index (χ3n) is 3.01. The fraction of sp³-hybridized carbons (Fsp3) is 0.500. The maximum atomic E-state index is 12.4. The molecule has 2 aromatic rings. The van der Waals surface area contributed by atoms with Crippen molar-refractivity contribution in [2.75, 3.05) is 12.0 Å². The Kier molecular flexibility index (Phi) is 3.64. The molecule has 18 heavy (non-hydrogen) atoms. The lowest BCUT2D eigenvalue weighted by molar-refractivity contribution is 0.429. The summed E-state index contributed by atoms with van der Waals surface area (Å²) < 4.78 is 15.9. The average molecular weight is 251 g/mol. The van der Waals surface area contributed by atoms with Crippen LogP contribution in [0.15, 0.2) is 12.4 Å². The van der Waals surface area contributed by atoms with Crippen LogP contribution in [0.5, 0.6) is 0 Å². The largest absolute Gasteiger partial charge is 0.364 e. The number of rotatable bonds is 5. The highest BCUT2D eigenvalue weighted by atomic mass is 19.1. The summed E-state index contributed by atoms with van der Waals surface area (Å²) in [5.74, 6) is 0.869. The minimum atomic E-state index is -0.416. The molecule has 2 heterocycles. The highest BCUT2D eigenvalue weighted by Gasteiger charge is 2.09. The molecule has 0 aliphatic rings. The van der Waals surface area contributed by atoms with Gasteiger partial charge in [-0.05, 0) is 19.4 Å². The standard InChI is InChI=1S/C12H18FN5/c1-9-6-15-17(3)11(9)8-14-12-10(2)7-16-18(12)5-4-13/h6-7,14H,4-5,8H2,1-3H3. The molecule has 0 saturated heterocycles. The maximum Gasteiger partial charge on any atom is 0.127 e. The summed E-state index contributed by atoms with van der Waals surface area (Å²) in [5, 5.41) is 11.6. The second-order valence-electron chi connectivity index (χ2n) is 4.34. The minimum absolute atomic E-state index is 0.278. The molecule has 1 N–H and O–H groups in total. The van der Waals surface area contributed by atoms with Crippen LogP contribution in [0, 0.1) is 13.8 Å². The Morgan fingerprint density at radius 3 is 2.56 bits per heavy atom. The molecule has 0 unspecified atom stereocenters. The average Bonchev–Trinajstić information content (AvgIpc) is 2.84. The lowest BCUT2D eigenvalue weighted by atomic mass is 10.2. The number of aryl methyl sites for hydroxylation is 4. The van der Waals surface area contributed by atoms with Gasteiger partial charge in [0.15, 0.2) is 0 Å². The van der Waals surface area contributed by atoms with E-state index in [1.165, 1.54) is 0 Å². The first kappa shape index (κ1) is 12.6. The van der Waals surface area contributed by atoms with Gasteiger partial charge in [-0.3, -0.25) is 4.68 Å². The van der Waals surface area contributed by atoms with Crippen LogP contribution in [0.1, 0.15) is 16.8 Å². The number of anilines is 1. The molecular weight excluding hydrogens is 233 g/mol. The van der Waals surface area contributed by atoms with E-state index in [4.69, 9.17) is 0 Å². The number of nitrogens with zero attached hydrogens (tertiary/aromatic N) is 4. The van der Waals surface area contributed by atoms with Crippen molar-refractivity contribution in [3.8, 4) is 0 Å². The molecule has 2 aromatic heterocycles. The number of halogens is 1. The Morgan fingerprint density at radius 1 is 1.22 bits per heavy atom. The third kappa shape index (κ3) is 2.37. The Morgan fingerprint density at radius 2 is 1.94 bits per heavy atom. The van der Waals surface area contributed by atoms with Gasteiger partial charge in [0.25, 0.3) is 0 Å². The topological polar surface area (TPSA) is 47.7 Å². The molecule has 0 bridgehead atoms. The summed E-state index contributed by atoms with van der Waals surface area (Å²) in [6.45, 7) is 4.50. The van der Waals surface area contributed by atoms with Gasteiger partial charge in [-0.2, -0.15) is 10.2 Å². The van der Waals surface area contributed by atoms with Gasteiger partial charge in [-0.1, -0.05) is 0 Å². The predicted molar refractivity (Wildman–Crippen MR) is 68.2 cm³/mol. The van der Waals surface area contributed by atoms with E-state index in [0.717, 1.165) is 22.6 Å². The van der Waals surface area contributed by atoms with E-state index in [9.17, 15) is 4.39 Å². The van der Waals surface area contributed by atoms with Gasteiger partial charge < -0.3 is 5.32 Å². The van der Waals surface area contributed by atoms with Crippen LogP contribution in [0.3, 0.4) is 0 Å². The fourth-order valence-electron chi connectivity index (χ4n) is 1.95. The molecule has 0 spiro atoms. The lowest BCUT2D eigenvalue weighted by Crippen LogP contribution is -2.12. The van der Waals surface area contributed by atoms with Crippen LogP contribution in [0.2, 0.25) is 0 Å². The minimum Gasteiger partial charge on any atom is -0.364 e. The van der Waals surface area contributed by atoms with Crippen LogP contribution in [-0.4, -0.2) is 26.2 Å². The maximum absolute atomic E-state index is 12.4. The van der Waals surface area contributed by atoms with Gasteiger partial charge in [-0.15, -0.1) is 0 Å². The number of hydrogen-bond acceptors (Lipinski definition) is 3. The first-order valence-corrected chi connectivity index (χ1v) is 5.93. The second-order valence-corrected chi connectivity index (χ2v) is 4.34. The highest BCUT2D eigenvalue weighted by molar-refractivity contribution is 5.43. The SMILES string of the molecule is Cc1cnn(C)c1CNc1c(C)cnn1CCF. The molecular formula is C12H18FN5. The third-order valence-corrected chi connectivity index (χ3v) is 3.01. The van der Waals surface area contributed by atoms with Crippen molar-refractivity contribution in [3.63, 3.8) is 0 Å². The van der Waals surface area contributed by atoms with Gasteiger partial charge >= 0.3 is 0 Å². The Balaban J connectivity index is 2.13. The van der Waals surface area contributed by atoms with Crippen molar-refractivity contribution in [1.29, 1.82) is 0 Å². The van der Waals surface area contributed by atoms with Crippen LogP contribution in [0.4, 0.5) is 10.2 Å². The zero-order valence-corrected chi connectivity index (χ0v) is 10.9. The molecule has 0 saturated carbocycles. The van der Waals surface area contributed by atoms with Gasteiger partial charge in [0.2, 0.25) is 0 Å².